The molecule has 0 aromatic heterocycles. The van der Waals surface area contributed by atoms with Crippen molar-refractivity contribution < 1.29 is 4.74 Å². The van der Waals surface area contributed by atoms with E-state index in [1.807, 2.05) is 0 Å². The monoisotopic (exact) mass is 205 g/mol. The second kappa shape index (κ2) is 4.23. The maximum absolute atomic E-state index is 5.30. The highest BCUT2D eigenvalue weighted by Crippen LogP contribution is 2.25. The minimum absolute atomic E-state index is 0.770. The van der Waals surface area contributed by atoms with Gasteiger partial charge in [-0.2, -0.15) is 0 Å². The first kappa shape index (κ1) is 10.5. The molecular formula is C13H19NO. The normalized spacial score (nSPS) is 15.4. The molecule has 0 atom stereocenters. The third kappa shape index (κ3) is 2.32. The first-order chi connectivity index (χ1) is 7.22. The fraction of sp³-hybridized carbons (Fsp3) is 0.538. The highest BCUT2D eigenvalue weighted by Gasteiger charge is 2.20. The summed E-state index contributed by atoms with van der Waals surface area (Å²) in [5.74, 6) is 0.989. The molecule has 2 rings (SSSR count). The van der Waals surface area contributed by atoms with Crippen molar-refractivity contribution >= 4 is 0 Å². The molecule has 0 aliphatic heterocycles. The van der Waals surface area contributed by atoms with E-state index in [1.54, 1.807) is 7.11 Å². The topological polar surface area (TPSA) is 21.3 Å². The van der Waals surface area contributed by atoms with Crippen LogP contribution in [-0.4, -0.2) is 13.2 Å². The maximum atomic E-state index is 5.30. The lowest BCUT2D eigenvalue weighted by atomic mass is 10.0. The summed E-state index contributed by atoms with van der Waals surface area (Å²) in [7, 11) is 1.73. The zero-order chi connectivity index (χ0) is 10.8. The van der Waals surface area contributed by atoms with Crippen LogP contribution in [0.5, 0.6) is 5.75 Å². The van der Waals surface area contributed by atoms with Crippen molar-refractivity contribution in [1.82, 2.24) is 5.32 Å². The van der Waals surface area contributed by atoms with Crippen LogP contribution in [0.2, 0.25) is 0 Å². The standard InChI is InChI=1S/C13H19NO/c1-9-10(2)13(15-3)7-4-11(9)8-14-12-5-6-12/h4,7,12,14H,5-6,8H2,1-3H3. The maximum Gasteiger partial charge on any atom is 0.122 e. The molecule has 0 heterocycles. The predicted octanol–water partition coefficient (Wildman–Crippen LogP) is 2.56. The molecule has 1 aromatic carbocycles. The molecule has 1 fully saturated rings. The average Bonchev–Trinajstić information content (AvgIpc) is 3.04. The second-order valence-electron chi connectivity index (χ2n) is 4.33. The summed E-state index contributed by atoms with van der Waals surface area (Å²) in [6, 6.07) is 5.00. The van der Waals surface area contributed by atoms with Gasteiger partial charge in [-0.3, -0.25) is 0 Å². The van der Waals surface area contributed by atoms with E-state index >= 15 is 0 Å². The predicted molar refractivity (Wildman–Crippen MR) is 62.3 cm³/mol. The Balaban J connectivity index is 2.12. The van der Waals surface area contributed by atoms with Crippen LogP contribution in [0.15, 0.2) is 12.1 Å². The average molecular weight is 205 g/mol. The zero-order valence-corrected chi connectivity index (χ0v) is 9.76. The molecule has 2 nitrogen and oxygen atoms in total. The van der Waals surface area contributed by atoms with E-state index in [1.165, 1.54) is 29.5 Å². The van der Waals surface area contributed by atoms with Crippen molar-refractivity contribution in [3.05, 3.63) is 28.8 Å². The molecule has 0 spiro atoms. The van der Waals surface area contributed by atoms with Crippen LogP contribution in [0.3, 0.4) is 0 Å². The van der Waals surface area contributed by atoms with Gasteiger partial charge in [0.1, 0.15) is 5.75 Å². The number of methoxy groups -OCH3 is 1. The van der Waals surface area contributed by atoms with Gasteiger partial charge in [-0.1, -0.05) is 6.07 Å². The molecule has 1 aromatic rings. The van der Waals surface area contributed by atoms with Crippen LogP contribution in [0.1, 0.15) is 29.5 Å². The fourth-order valence-corrected chi connectivity index (χ4v) is 1.81. The molecule has 0 unspecified atom stereocenters. The molecule has 0 saturated heterocycles. The minimum Gasteiger partial charge on any atom is -0.496 e. The van der Waals surface area contributed by atoms with Gasteiger partial charge in [0.15, 0.2) is 0 Å². The Bertz CT molecular complexity index is 356. The molecule has 1 aliphatic rings. The van der Waals surface area contributed by atoms with Gasteiger partial charge >= 0.3 is 0 Å². The Morgan fingerprint density at radius 2 is 2.00 bits per heavy atom. The SMILES string of the molecule is COc1ccc(CNC2CC2)c(C)c1C. The van der Waals surface area contributed by atoms with Crippen molar-refractivity contribution in [3.63, 3.8) is 0 Å². The summed E-state index contributed by atoms with van der Waals surface area (Å²) < 4.78 is 5.30. The Labute approximate surface area is 91.6 Å². The van der Waals surface area contributed by atoms with Crippen LogP contribution >= 0.6 is 0 Å². The van der Waals surface area contributed by atoms with Crippen molar-refractivity contribution in [3.8, 4) is 5.75 Å². The largest absolute Gasteiger partial charge is 0.496 e. The number of nitrogens with one attached hydrogen (secondary N) is 1. The molecule has 1 aliphatic carbocycles. The van der Waals surface area contributed by atoms with Crippen molar-refractivity contribution in [2.24, 2.45) is 0 Å². The third-order valence-corrected chi connectivity index (χ3v) is 3.23. The van der Waals surface area contributed by atoms with E-state index in [0.29, 0.717) is 0 Å². The molecule has 0 bridgehead atoms. The van der Waals surface area contributed by atoms with Gasteiger partial charge in [-0.15, -0.1) is 0 Å². The number of hydrogen-bond acceptors (Lipinski definition) is 2. The molecule has 1 N–H and O–H groups in total. The van der Waals surface area contributed by atoms with Gasteiger partial charge in [0.2, 0.25) is 0 Å². The molecule has 2 heteroatoms. The van der Waals surface area contributed by atoms with Crippen LogP contribution in [0.4, 0.5) is 0 Å². The summed E-state index contributed by atoms with van der Waals surface area (Å²) in [4.78, 5) is 0. The van der Waals surface area contributed by atoms with Gasteiger partial charge in [-0.05, 0) is 49.4 Å². The molecule has 15 heavy (non-hydrogen) atoms. The second-order valence-corrected chi connectivity index (χ2v) is 4.33. The van der Waals surface area contributed by atoms with Crippen LogP contribution < -0.4 is 10.1 Å². The first-order valence-corrected chi connectivity index (χ1v) is 5.59. The van der Waals surface area contributed by atoms with Crippen LogP contribution in [-0.2, 0) is 6.54 Å². The van der Waals surface area contributed by atoms with Crippen molar-refractivity contribution in [1.29, 1.82) is 0 Å². The van der Waals surface area contributed by atoms with Gasteiger partial charge < -0.3 is 10.1 Å². The van der Waals surface area contributed by atoms with Crippen molar-refractivity contribution in [2.75, 3.05) is 7.11 Å². The van der Waals surface area contributed by atoms with Gasteiger partial charge in [0.05, 0.1) is 7.11 Å². The summed E-state index contributed by atoms with van der Waals surface area (Å²) in [5.41, 5.74) is 4.00. The van der Waals surface area contributed by atoms with Gasteiger partial charge in [-0.25, -0.2) is 0 Å². The van der Waals surface area contributed by atoms with Gasteiger partial charge in [0, 0.05) is 12.6 Å². The fourth-order valence-electron chi connectivity index (χ4n) is 1.81. The van der Waals surface area contributed by atoms with Crippen LogP contribution in [0, 0.1) is 13.8 Å². The van der Waals surface area contributed by atoms with Gasteiger partial charge in [0.25, 0.3) is 0 Å². The highest BCUT2D eigenvalue weighted by atomic mass is 16.5. The van der Waals surface area contributed by atoms with E-state index in [2.05, 4.69) is 31.3 Å². The van der Waals surface area contributed by atoms with E-state index in [-0.39, 0.29) is 0 Å². The van der Waals surface area contributed by atoms with E-state index in [9.17, 15) is 0 Å². The van der Waals surface area contributed by atoms with Crippen LogP contribution in [0.25, 0.3) is 0 Å². The molecular weight excluding hydrogens is 186 g/mol. The third-order valence-electron chi connectivity index (χ3n) is 3.23. The highest BCUT2D eigenvalue weighted by molar-refractivity contribution is 5.43. The Morgan fingerprint density at radius 3 is 2.60 bits per heavy atom. The minimum atomic E-state index is 0.770. The van der Waals surface area contributed by atoms with Crippen molar-refractivity contribution in [2.45, 2.75) is 39.3 Å². The molecule has 82 valence electrons. The number of rotatable bonds is 4. The van der Waals surface area contributed by atoms with E-state index in [4.69, 9.17) is 4.74 Å². The lowest BCUT2D eigenvalue weighted by Gasteiger charge is -2.12. The number of hydrogen-bond donors (Lipinski definition) is 1. The summed E-state index contributed by atoms with van der Waals surface area (Å²) in [6.07, 6.45) is 2.68. The first-order valence-electron chi connectivity index (χ1n) is 5.59. The molecule has 0 amide bonds. The lowest BCUT2D eigenvalue weighted by Crippen LogP contribution is -2.16. The summed E-state index contributed by atoms with van der Waals surface area (Å²) in [6.45, 7) is 5.28. The van der Waals surface area contributed by atoms with E-state index in [0.717, 1.165) is 18.3 Å². The molecule has 0 radical (unpaired) electrons. The number of ether oxygens (including phenoxy) is 1. The van der Waals surface area contributed by atoms with E-state index < -0.39 is 0 Å². The summed E-state index contributed by atoms with van der Waals surface area (Å²) in [5, 5.41) is 3.54. The quantitative estimate of drug-likeness (QED) is 0.815. The Kier molecular flexibility index (Phi) is 2.96. The molecule has 1 saturated carbocycles. The lowest BCUT2D eigenvalue weighted by molar-refractivity contribution is 0.411. The zero-order valence-electron chi connectivity index (χ0n) is 9.76. The smallest absolute Gasteiger partial charge is 0.122 e. The summed E-state index contributed by atoms with van der Waals surface area (Å²) >= 11 is 0. The Morgan fingerprint density at radius 1 is 1.27 bits per heavy atom. The number of benzene rings is 1. The Hall–Kier alpha value is -1.02.